The van der Waals surface area contributed by atoms with Crippen molar-refractivity contribution in [1.29, 1.82) is 10.5 Å². The van der Waals surface area contributed by atoms with Gasteiger partial charge in [-0.2, -0.15) is 10.5 Å². The van der Waals surface area contributed by atoms with E-state index in [1.807, 2.05) is 0 Å². The first-order chi connectivity index (χ1) is 8.08. The van der Waals surface area contributed by atoms with Gasteiger partial charge in [-0.15, -0.1) is 0 Å². The SMILES string of the molecule is N#CC(C#N)=CNc1ccc(Br)c([N+](=O)[O-])c1. The van der Waals surface area contributed by atoms with E-state index in [9.17, 15) is 10.1 Å². The van der Waals surface area contributed by atoms with Gasteiger partial charge in [-0.3, -0.25) is 10.1 Å². The Morgan fingerprint density at radius 3 is 2.65 bits per heavy atom. The van der Waals surface area contributed by atoms with Gasteiger partial charge in [0.05, 0.1) is 9.40 Å². The Bertz CT molecular complexity index is 553. The lowest BCUT2D eigenvalue weighted by Gasteiger charge is -2.01. The predicted molar refractivity (Wildman–Crippen MR) is 63.7 cm³/mol. The molecule has 0 heterocycles. The zero-order valence-corrected chi connectivity index (χ0v) is 9.93. The van der Waals surface area contributed by atoms with Crippen molar-refractivity contribution in [3.8, 4) is 12.1 Å². The number of benzene rings is 1. The van der Waals surface area contributed by atoms with Crippen LogP contribution in [0.3, 0.4) is 0 Å². The van der Waals surface area contributed by atoms with Crippen LogP contribution in [0, 0.1) is 32.8 Å². The average Bonchev–Trinajstić information content (AvgIpc) is 2.32. The van der Waals surface area contributed by atoms with Crippen molar-refractivity contribution in [3.63, 3.8) is 0 Å². The van der Waals surface area contributed by atoms with Crippen LogP contribution in [0.4, 0.5) is 11.4 Å². The zero-order chi connectivity index (χ0) is 12.8. The molecule has 0 spiro atoms. The number of nitro benzene ring substituents is 1. The van der Waals surface area contributed by atoms with Crippen LogP contribution < -0.4 is 5.32 Å². The Labute approximate surface area is 105 Å². The van der Waals surface area contributed by atoms with Crippen molar-refractivity contribution in [2.45, 2.75) is 0 Å². The number of hydrogen-bond acceptors (Lipinski definition) is 5. The third-order valence-electron chi connectivity index (χ3n) is 1.77. The molecule has 0 aliphatic carbocycles. The van der Waals surface area contributed by atoms with Crippen LogP contribution in [0.5, 0.6) is 0 Å². The Morgan fingerprint density at radius 2 is 2.12 bits per heavy atom. The Morgan fingerprint density at radius 1 is 1.47 bits per heavy atom. The molecule has 0 atom stereocenters. The second-order valence-electron chi connectivity index (χ2n) is 2.85. The standard InChI is InChI=1S/C10H5BrN4O2/c11-9-2-1-8(3-10(9)15(16)17)14-6-7(4-12)5-13/h1-3,6,14H. The van der Waals surface area contributed by atoms with Crippen molar-refractivity contribution in [1.82, 2.24) is 0 Å². The number of allylic oxidation sites excluding steroid dienone is 1. The lowest BCUT2D eigenvalue weighted by molar-refractivity contribution is -0.385. The molecule has 0 aliphatic rings. The molecule has 0 radical (unpaired) electrons. The fraction of sp³-hybridized carbons (Fsp3) is 0. The Hall–Kier alpha value is -2.38. The zero-order valence-electron chi connectivity index (χ0n) is 8.35. The minimum Gasteiger partial charge on any atom is -0.360 e. The van der Waals surface area contributed by atoms with E-state index >= 15 is 0 Å². The molecule has 0 aromatic heterocycles. The second-order valence-corrected chi connectivity index (χ2v) is 3.70. The number of halogens is 1. The van der Waals surface area contributed by atoms with E-state index < -0.39 is 4.92 Å². The van der Waals surface area contributed by atoms with E-state index in [2.05, 4.69) is 21.2 Å². The van der Waals surface area contributed by atoms with Gasteiger partial charge in [0.2, 0.25) is 0 Å². The summed E-state index contributed by atoms with van der Waals surface area (Å²) in [6, 6.07) is 7.72. The third kappa shape index (κ3) is 3.30. The first-order valence-corrected chi connectivity index (χ1v) is 5.08. The number of nitro groups is 1. The quantitative estimate of drug-likeness (QED) is 0.524. The largest absolute Gasteiger partial charge is 0.360 e. The molecule has 0 aliphatic heterocycles. The summed E-state index contributed by atoms with van der Waals surface area (Å²) in [7, 11) is 0. The van der Waals surface area contributed by atoms with Crippen molar-refractivity contribution in [2.24, 2.45) is 0 Å². The normalized spacial score (nSPS) is 8.65. The summed E-state index contributed by atoms with van der Waals surface area (Å²) in [4.78, 5) is 10.1. The van der Waals surface area contributed by atoms with Crippen LogP contribution in [-0.2, 0) is 0 Å². The minimum atomic E-state index is -0.533. The Kier molecular flexibility index (Phi) is 4.21. The summed E-state index contributed by atoms with van der Waals surface area (Å²) in [5.41, 5.74) is 0.206. The van der Waals surface area contributed by atoms with Gasteiger partial charge in [0, 0.05) is 18.0 Å². The molecule has 17 heavy (non-hydrogen) atoms. The maximum atomic E-state index is 10.7. The molecule has 1 rings (SSSR count). The average molecular weight is 293 g/mol. The third-order valence-corrected chi connectivity index (χ3v) is 2.44. The second kappa shape index (κ2) is 5.64. The number of nitriles is 2. The van der Waals surface area contributed by atoms with E-state index in [0.717, 1.165) is 0 Å². The van der Waals surface area contributed by atoms with Gasteiger partial charge >= 0.3 is 0 Å². The first kappa shape index (κ1) is 12.7. The van der Waals surface area contributed by atoms with Crippen LogP contribution in [0.15, 0.2) is 34.4 Å². The van der Waals surface area contributed by atoms with E-state index in [1.54, 1.807) is 18.2 Å². The number of hydrogen-bond donors (Lipinski definition) is 1. The van der Waals surface area contributed by atoms with Crippen molar-refractivity contribution < 1.29 is 4.92 Å². The number of anilines is 1. The molecule has 1 aromatic rings. The maximum Gasteiger partial charge on any atom is 0.285 e. The highest BCUT2D eigenvalue weighted by atomic mass is 79.9. The fourth-order valence-electron chi connectivity index (χ4n) is 0.987. The topological polar surface area (TPSA) is 103 Å². The molecule has 0 fully saturated rings. The highest BCUT2D eigenvalue weighted by Gasteiger charge is 2.11. The molecule has 0 bridgehead atoms. The first-order valence-electron chi connectivity index (χ1n) is 4.29. The van der Waals surface area contributed by atoms with Gasteiger partial charge in [0.1, 0.15) is 17.7 Å². The van der Waals surface area contributed by atoms with E-state index in [4.69, 9.17) is 10.5 Å². The Balaban J connectivity index is 3.00. The van der Waals surface area contributed by atoms with E-state index in [-0.39, 0.29) is 11.3 Å². The summed E-state index contributed by atoms with van der Waals surface area (Å²) in [6.45, 7) is 0. The molecule has 6 nitrogen and oxygen atoms in total. The highest BCUT2D eigenvalue weighted by molar-refractivity contribution is 9.10. The summed E-state index contributed by atoms with van der Waals surface area (Å²) < 4.78 is 0.359. The van der Waals surface area contributed by atoms with Crippen molar-refractivity contribution >= 4 is 27.3 Å². The van der Waals surface area contributed by atoms with Gasteiger partial charge in [-0.05, 0) is 28.1 Å². The number of nitrogens with zero attached hydrogens (tertiary/aromatic N) is 3. The van der Waals surface area contributed by atoms with Gasteiger partial charge in [0.25, 0.3) is 5.69 Å². The molecule has 1 aromatic carbocycles. The summed E-state index contributed by atoms with van der Waals surface area (Å²) in [5, 5.41) is 30.3. The van der Waals surface area contributed by atoms with Crippen LogP contribution >= 0.6 is 15.9 Å². The number of rotatable bonds is 3. The fourth-order valence-corrected chi connectivity index (χ4v) is 1.38. The molecule has 0 saturated heterocycles. The van der Waals surface area contributed by atoms with Gasteiger partial charge < -0.3 is 5.32 Å². The summed E-state index contributed by atoms with van der Waals surface area (Å²) in [6.07, 6.45) is 1.19. The van der Waals surface area contributed by atoms with Crippen LogP contribution in [0.1, 0.15) is 0 Å². The number of nitrogens with one attached hydrogen (secondary N) is 1. The monoisotopic (exact) mass is 292 g/mol. The van der Waals surface area contributed by atoms with Crippen LogP contribution in [-0.4, -0.2) is 4.92 Å². The molecular formula is C10H5BrN4O2. The van der Waals surface area contributed by atoms with Gasteiger partial charge in [0.15, 0.2) is 0 Å². The smallest absolute Gasteiger partial charge is 0.285 e. The van der Waals surface area contributed by atoms with Gasteiger partial charge in [-0.1, -0.05) is 0 Å². The molecule has 0 saturated carbocycles. The van der Waals surface area contributed by atoms with Crippen LogP contribution in [0.2, 0.25) is 0 Å². The van der Waals surface area contributed by atoms with Crippen LogP contribution in [0.25, 0.3) is 0 Å². The van der Waals surface area contributed by atoms with E-state index in [1.165, 1.54) is 18.3 Å². The highest BCUT2D eigenvalue weighted by Crippen LogP contribution is 2.27. The molecule has 1 N–H and O–H groups in total. The minimum absolute atomic E-state index is 0.0983. The lowest BCUT2D eigenvalue weighted by Crippen LogP contribution is -1.93. The van der Waals surface area contributed by atoms with Crippen molar-refractivity contribution in [3.05, 3.63) is 44.6 Å². The van der Waals surface area contributed by atoms with E-state index in [0.29, 0.717) is 10.2 Å². The molecular weight excluding hydrogens is 288 g/mol. The molecule has 0 unspecified atom stereocenters. The summed E-state index contributed by atoms with van der Waals surface area (Å²) >= 11 is 3.05. The molecule has 7 heteroatoms. The maximum absolute atomic E-state index is 10.7. The molecule has 0 amide bonds. The predicted octanol–water partition coefficient (Wildman–Crippen LogP) is 2.70. The molecule has 84 valence electrons. The van der Waals surface area contributed by atoms with Gasteiger partial charge in [-0.25, -0.2) is 0 Å². The lowest BCUT2D eigenvalue weighted by atomic mass is 10.3. The summed E-state index contributed by atoms with van der Waals surface area (Å²) in [5.74, 6) is 0. The van der Waals surface area contributed by atoms with Crippen molar-refractivity contribution in [2.75, 3.05) is 5.32 Å².